The molecule has 0 rings (SSSR count). The molecule has 294 valence electrons. The van der Waals surface area contributed by atoms with Crippen molar-refractivity contribution in [3.8, 4) is 0 Å². The average molecular weight is 826 g/mol. The van der Waals surface area contributed by atoms with E-state index >= 15 is 0 Å². The van der Waals surface area contributed by atoms with Crippen LogP contribution < -0.4 is 0 Å². The Hall–Kier alpha value is -2.58. The predicted octanol–water partition coefficient (Wildman–Crippen LogP) is 7.81. The van der Waals surface area contributed by atoms with Crippen LogP contribution in [0.1, 0.15) is 0 Å². The summed E-state index contributed by atoms with van der Waals surface area (Å²) in [5, 5.41) is -0.686. The topological polar surface area (TPSA) is 91.7 Å². The van der Waals surface area contributed by atoms with Crippen molar-refractivity contribution < 1.29 is 146 Å². The maximum atomic E-state index is 13.7. The summed E-state index contributed by atoms with van der Waals surface area (Å²) < 4.78 is 405. The van der Waals surface area contributed by atoms with Crippen molar-refractivity contribution >= 4 is 16.1 Å². The van der Waals surface area contributed by atoms with Gasteiger partial charge >= 0.3 is 98.3 Å². The molecule has 0 bridgehead atoms. The second kappa shape index (κ2) is 11.0. The summed E-state index contributed by atoms with van der Waals surface area (Å²) in [6.07, 6.45) is 0. The van der Waals surface area contributed by atoms with Crippen LogP contribution in [0.15, 0.2) is 0 Å². The van der Waals surface area contributed by atoms with Crippen molar-refractivity contribution in [1.82, 2.24) is 0 Å². The summed E-state index contributed by atoms with van der Waals surface area (Å²) >= 11 is 0. The lowest BCUT2D eigenvalue weighted by molar-refractivity contribution is -0.483. The number of halogens is 28. The molecule has 49 heavy (non-hydrogen) atoms. The Labute approximate surface area is 245 Å². The molecular weight excluding hydrogens is 824 g/mol. The fourth-order valence-corrected chi connectivity index (χ4v) is 3.10. The van der Waals surface area contributed by atoms with Crippen LogP contribution in [0, 0.1) is 0 Å². The van der Waals surface area contributed by atoms with E-state index in [0.717, 1.165) is 0 Å². The molecule has 0 fully saturated rings. The van der Waals surface area contributed by atoms with Gasteiger partial charge in [-0.05, 0) is 0 Å². The molecule has 0 amide bonds. The van der Waals surface area contributed by atoms with Gasteiger partial charge in [-0.1, -0.05) is 0 Å². The zero-order valence-electron chi connectivity index (χ0n) is 20.6. The Bertz CT molecular complexity index is 1390. The van der Waals surface area contributed by atoms with Gasteiger partial charge in [0.2, 0.25) is 0 Å². The van der Waals surface area contributed by atoms with Crippen molar-refractivity contribution in [3.63, 3.8) is 0 Å². The van der Waals surface area contributed by atoms with Gasteiger partial charge in [0, 0.05) is 0 Å². The molecule has 0 saturated heterocycles. The van der Waals surface area contributed by atoms with Gasteiger partial charge in [-0.15, -0.1) is 0 Å². The van der Waals surface area contributed by atoms with Crippen LogP contribution in [0.2, 0.25) is 0 Å². The van der Waals surface area contributed by atoms with Gasteiger partial charge in [0.25, 0.3) is 0 Å². The monoisotopic (exact) mass is 826 g/mol. The van der Waals surface area contributed by atoms with E-state index in [-0.39, 0.29) is 0 Å². The molecule has 0 aromatic carbocycles. The van der Waals surface area contributed by atoms with E-state index in [9.17, 15) is 136 Å². The molecular formula is C15H2F28O5S. The average Bonchev–Trinajstić information content (AvgIpc) is 2.86. The third kappa shape index (κ3) is 5.11. The van der Waals surface area contributed by atoms with Gasteiger partial charge in [0.05, 0.1) is 0 Å². The van der Waals surface area contributed by atoms with Crippen molar-refractivity contribution in [2.45, 2.75) is 82.2 Å². The Balaban J connectivity index is 7.71. The smallest absolute Gasteiger partial charge is 0.438 e. The van der Waals surface area contributed by atoms with Crippen molar-refractivity contribution in [3.05, 3.63) is 0 Å². The van der Waals surface area contributed by atoms with E-state index in [4.69, 9.17) is 9.66 Å². The molecule has 0 unspecified atom stereocenters. The van der Waals surface area contributed by atoms with Gasteiger partial charge in [-0.2, -0.15) is 131 Å². The molecule has 0 aliphatic heterocycles. The Morgan fingerprint density at radius 1 is 0.327 bits per heavy atom. The minimum atomic E-state index is -10.1. The highest BCUT2D eigenvalue weighted by Gasteiger charge is 3.01. The van der Waals surface area contributed by atoms with E-state index in [0.29, 0.717) is 0 Å². The summed E-state index contributed by atoms with van der Waals surface area (Å²) in [4.78, 5) is 9.94. The Morgan fingerprint density at radius 2 is 0.469 bits per heavy atom. The SMILES string of the molecule is O=C(O)C(F)(F)C(F)(F)C(F)(F)C(F)(F)C(F)(F)C(F)(F)C(F)(F)C(F)(F)C(F)(F)C(F)(F)C(F)(F)C(F)(F)C(F)(F)C(F)(F)S(=O)(=O)O. The van der Waals surface area contributed by atoms with Crippen LogP contribution in [-0.4, -0.2) is 106 Å². The second-order valence-corrected chi connectivity index (χ2v) is 10.2. The molecule has 0 saturated carbocycles. The number of hydrogen-bond donors (Lipinski definition) is 2. The van der Waals surface area contributed by atoms with Crippen LogP contribution >= 0.6 is 0 Å². The molecule has 34 heteroatoms. The van der Waals surface area contributed by atoms with E-state index < -0.39 is 98.3 Å². The van der Waals surface area contributed by atoms with Gasteiger partial charge < -0.3 is 5.11 Å². The number of aliphatic carboxylic acids is 1. The van der Waals surface area contributed by atoms with Gasteiger partial charge in [0.1, 0.15) is 0 Å². The van der Waals surface area contributed by atoms with Crippen LogP contribution in [0.3, 0.4) is 0 Å². The number of alkyl halides is 28. The van der Waals surface area contributed by atoms with E-state index in [2.05, 4.69) is 0 Å². The van der Waals surface area contributed by atoms with Crippen molar-refractivity contribution in [1.29, 1.82) is 0 Å². The highest BCUT2D eigenvalue weighted by molar-refractivity contribution is 7.87. The number of hydrogen-bond acceptors (Lipinski definition) is 3. The van der Waals surface area contributed by atoms with Crippen LogP contribution in [0.25, 0.3) is 0 Å². The van der Waals surface area contributed by atoms with Gasteiger partial charge in [-0.25, -0.2) is 4.79 Å². The summed E-state index contributed by atoms with van der Waals surface area (Å²) in [7, 11) is -8.37. The largest absolute Gasteiger partial charge is 0.477 e. The van der Waals surface area contributed by atoms with Gasteiger partial charge in [-0.3, -0.25) is 4.55 Å². The second-order valence-electron chi connectivity index (χ2n) is 8.76. The molecule has 0 aliphatic carbocycles. The molecule has 0 radical (unpaired) electrons. The van der Waals surface area contributed by atoms with Crippen LogP contribution in [-0.2, 0) is 14.9 Å². The first-order chi connectivity index (χ1) is 20.4. The molecule has 5 nitrogen and oxygen atoms in total. The first-order valence-corrected chi connectivity index (χ1v) is 11.4. The molecule has 2 N–H and O–H groups in total. The lowest BCUT2D eigenvalue weighted by Crippen LogP contribution is -2.79. The van der Waals surface area contributed by atoms with Crippen molar-refractivity contribution in [2.24, 2.45) is 0 Å². The molecule has 0 aliphatic rings. The maximum absolute atomic E-state index is 13.7. The first-order valence-electron chi connectivity index (χ1n) is 9.94. The summed E-state index contributed by atoms with van der Waals surface area (Å²) in [5.41, 5.74) is 0. The first kappa shape index (κ1) is 46.4. The Kier molecular flexibility index (Phi) is 10.4. The summed E-state index contributed by atoms with van der Waals surface area (Å²) in [6.45, 7) is 0. The molecule has 0 aromatic rings. The fraction of sp³-hybridized carbons (Fsp3) is 0.933. The van der Waals surface area contributed by atoms with Crippen molar-refractivity contribution in [2.75, 3.05) is 0 Å². The quantitative estimate of drug-likeness (QED) is 0.130. The lowest BCUT2D eigenvalue weighted by atomic mass is 9.83. The summed E-state index contributed by atoms with van der Waals surface area (Å²) in [6, 6.07) is 0. The van der Waals surface area contributed by atoms with E-state index in [1.54, 1.807) is 0 Å². The third-order valence-electron chi connectivity index (χ3n) is 5.69. The van der Waals surface area contributed by atoms with Crippen LogP contribution in [0.4, 0.5) is 123 Å². The minimum Gasteiger partial charge on any atom is -0.477 e. The minimum absolute atomic E-state index is 4.79. The predicted molar refractivity (Wildman–Crippen MR) is 88.4 cm³/mol. The normalized spacial score (nSPS) is 17.0. The molecule has 0 heterocycles. The molecule has 0 atom stereocenters. The lowest BCUT2D eigenvalue weighted by Gasteiger charge is -2.46. The molecule has 0 aromatic heterocycles. The summed E-state index contributed by atoms with van der Waals surface area (Å²) in [5.74, 6) is -129. The number of carboxylic acid groups (broad SMARTS) is 1. The van der Waals surface area contributed by atoms with Crippen LogP contribution in [0.5, 0.6) is 0 Å². The number of carbonyl (C=O) groups is 1. The molecule has 0 spiro atoms. The van der Waals surface area contributed by atoms with Gasteiger partial charge in [0.15, 0.2) is 0 Å². The Morgan fingerprint density at radius 3 is 0.612 bits per heavy atom. The fourth-order valence-electron chi connectivity index (χ4n) is 2.65. The standard InChI is InChI=1S/C15H2F28O5S/c16-2(17,1(44)45)3(18,19)4(20,21)5(22,23)6(24,25)7(26,27)8(28,29)9(30,31)10(32,33)11(34,35)12(36,37)13(38,39)14(40,41)15(42,43)49(46,47)48/h(H,44,45)(H,46,47,48). The highest BCUT2D eigenvalue weighted by Crippen LogP contribution is 2.69. The zero-order valence-corrected chi connectivity index (χ0v) is 21.4. The van der Waals surface area contributed by atoms with E-state index in [1.165, 1.54) is 0 Å². The van der Waals surface area contributed by atoms with E-state index in [1.807, 2.05) is 0 Å². The number of carboxylic acids is 1. The highest BCUT2D eigenvalue weighted by atomic mass is 32.2. The third-order valence-corrected chi connectivity index (χ3v) is 6.59. The number of rotatable bonds is 15. The zero-order chi connectivity index (χ0) is 41.1. The maximum Gasteiger partial charge on any atom is 0.438 e.